The molecule has 0 aliphatic rings. The Labute approximate surface area is 106 Å². The first-order valence-electron chi connectivity index (χ1n) is 6.13. The molecule has 0 aliphatic carbocycles. The minimum absolute atomic E-state index is 0.0248. The van der Waals surface area contributed by atoms with Crippen LogP contribution in [0.4, 0.5) is 0 Å². The Hall–Kier alpha value is -1.59. The molecule has 0 spiro atoms. The van der Waals surface area contributed by atoms with Gasteiger partial charge in [0.2, 0.25) is 0 Å². The van der Waals surface area contributed by atoms with Crippen molar-refractivity contribution in [3.8, 4) is 0 Å². The van der Waals surface area contributed by atoms with Crippen molar-refractivity contribution in [2.75, 3.05) is 6.61 Å². The average molecular weight is 249 g/mol. The van der Waals surface area contributed by atoms with Gasteiger partial charge in [-0.3, -0.25) is 5.32 Å². The lowest BCUT2D eigenvalue weighted by Gasteiger charge is -2.22. The minimum Gasteiger partial charge on any atom is -0.467 e. The van der Waals surface area contributed by atoms with E-state index in [4.69, 9.17) is 4.42 Å². The second kappa shape index (κ2) is 5.84. The Morgan fingerprint density at radius 2 is 2.39 bits per heavy atom. The first kappa shape index (κ1) is 12.9. The summed E-state index contributed by atoms with van der Waals surface area (Å²) in [5, 5.41) is 12.7. The van der Waals surface area contributed by atoms with Gasteiger partial charge in [-0.2, -0.15) is 0 Å². The van der Waals surface area contributed by atoms with Gasteiger partial charge in [-0.25, -0.2) is 4.98 Å². The van der Waals surface area contributed by atoms with E-state index in [1.165, 1.54) is 0 Å². The van der Waals surface area contributed by atoms with E-state index in [9.17, 15) is 5.11 Å². The molecule has 98 valence electrons. The normalized spacial score (nSPS) is 14.6. The van der Waals surface area contributed by atoms with Crippen LogP contribution in [-0.4, -0.2) is 27.3 Å². The largest absolute Gasteiger partial charge is 0.467 e. The summed E-state index contributed by atoms with van der Waals surface area (Å²) in [6, 6.07) is 3.65. The van der Waals surface area contributed by atoms with Crippen molar-refractivity contribution in [3.05, 3.63) is 42.4 Å². The fourth-order valence-corrected chi connectivity index (χ4v) is 1.93. The van der Waals surface area contributed by atoms with E-state index in [2.05, 4.69) is 10.3 Å². The number of aliphatic hydroxyl groups is 1. The highest BCUT2D eigenvalue weighted by molar-refractivity contribution is 5.16. The number of aromatic nitrogens is 2. The molecule has 1 unspecified atom stereocenters. The third-order valence-corrected chi connectivity index (χ3v) is 3.06. The van der Waals surface area contributed by atoms with Gasteiger partial charge < -0.3 is 14.1 Å². The van der Waals surface area contributed by atoms with Crippen LogP contribution in [0.2, 0.25) is 0 Å². The van der Waals surface area contributed by atoms with Crippen LogP contribution in [0.5, 0.6) is 0 Å². The van der Waals surface area contributed by atoms with E-state index in [-0.39, 0.29) is 18.7 Å². The van der Waals surface area contributed by atoms with Crippen LogP contribution in [0.3, 0.4) is 0 Å². The number of aliphatic hydroxyl groups excluding tert-OH is 1. The molecule has 2 heterocycles. The third kappa shape index (κ3) is 2.63. The van der Waals surface area contributed by atoms with E-state index in [0.717, 1.165) is 18.0 Å². The molecule has 0 aromatic carbocycles. The van der Waals surface area contributed by atoms with E-state index in [1.54, 1.807) is 12.5 Å². The van der Waals surface area contributed by atoms with Crippen molar-refractivity contribution in [3.63, 3.8) is 0 Å². The summed E-state index contributed by atoms with van der Waals surface area (Å²) >= 11 is 0. The molecule has 5 heteroatoms. The van der Waals surface area contributed by atoms with Gasteiger partial charge in [0.05, 0.1) is 12.9 Å². The molecule has 18 heavy (non-hydrogen) atoms. The van der Waals surface area contributed by atoms with Gasteiger partial charge in [0.25, 0.3) is 0 Å². The van der Waals surface area contributed by atoms with E-state index >= 15 is 0 Å². The molecule has 0 radical (unpaired) electrons. The molecule has 2 rings (SSSR count). The first-order chi connectivity index (χ1) is 8.76. The van der Waals surface area contributed by atoms with E-state index < -0.39 is 0 Å². The lowest BCUT2D eigenvalue weighted by molar-refractivity contribution is 0.226. The minimum atomic E-state index is -0.142. The molecule has 2 aromatic heterocycles. The molecule has 0 aliphatic heterocycles. The zero-order chi connectivity index (χ0) is 13.0. The first-order valence-corrected chi connectivity index (χ1v) is 6.13. The van der Waals surface area contributed by atoms with Crippen LogP contribution < -0.4 is 5.32 Å². The summed E-state index contributed by atoms with van der Waals surface area (Å²) in [6.45, 7) is 2.13. The third-order valence-electron chi connectivity index (χ3n) is 3.06. The smallest absolute Gasteiger partial charge is 0.133 e. The number of hydrogen-bond acceptors (Lipinski definition) is 4. The quantitative estimate of drug-likeness (QED) is 0.813. The molecule has 0 bridgehead atoms. The highest BCUT2D eigenvalue weighted by Gasteiger charge is 2.23. The molecule has 2 aromatic rings. The number of nitrogens with zero attached hydrogens (tertiary/aromatic N) is 2. The SMILES string of the molecule is CC[C@@H](CO)NC(c1ccco1)c1nccn1C. The molecule has 2 atom stereocenters. The van der Waals surface area contributed by atoms with Crippen molar-refractivity contribution in [2.24, 2.45) is 7.05 Å². The fraction of sp³-hybridized carbons (Fsp3) is 0.462. The Kier molecular flexibility index (Phi) is 4.17. The molecule has 0 saturated heterocycles. The van der Waals surface area contributed by atoms with Crippen LogP contribution in [0, 0.1) is 0 Å². The Morgan fingerprint density at radius 3 is 2.89 bits per heavy atom. The van der Waals surface area contributed by atoms with Crippen molar-refractivity contribution in [1.29, 1.82) is 0 Å². The summed E-state index contributed by atoms with van der Waals surface area (Å²) in [4.78, 5) is 4.35. The summed E-state index contributed by atoms with van der Waals surface area (Å²) < 4.78 is 7.42. The number of nitrogens with one attached hydrogen (secondary N) is 1. The van der Waals surface area contributed by atoms with Crippen LogP contribution in [-0.2, 0) is 7.05 Å². The van der Waals surface area contributed by atoms with Crippen LogP contribution in [0.15, 0.2) is 35.2 Å². The second-order valence-corrected chi connectivity index (χ2v) is 4.30. The summed E-state index contributed by atoms with van der Waals surface area (Å²) in [5.74, 6) is 1.67. The van der Waals surface area contributed by atoms with Crippen molar-refractivity contribution < 1.29 is 9.52 Å². The van der Waals surface area contributed by atoms with Gasteiger partial charge in [0.1, 0.15) is 17.6 Å². The predicted octanol–water partition coefficient (Wildman–Crippen LogP) is 1.46. The van der Waals surface area contributed by atoms with Crippen molar-refractivity contribution >= 4 is 0 Å². The summed E-state index contributed by atoms with van der Waals surface area (Å²) in [5.41, 5.74) is 0. The number of imidazole rings is 1. The Bertz CT molecular complexity index is 460. The van der Waals surface area contributed by atoms with Gasteiger partial charge >= 0.3 is 0 Å². The molecular formula is C13H19N3O2. The van der Waals surface area contributed by atoms with Crippen molar-refractivity contribution in [2.45, 2.75) is 25.4 Å². The Morgan fingerprint density at radius 1 is 1.56 bits per heavy atom. The highest BCUT2D eigenvalue weighted by Crippen LogP contribution is 2.21. The molecular weight excluding hydrogens is 230 g/mol. The van der Waals surface area contributed by atoms with E-state index in [0.29, 0.717) is 0 Å². The molecule has 0 fully saturated rings. The number of rotatable bonds is 6. The second-order valence-electron chi connectivity index (χ2n) is 4.30. The zero-order valence-corrected chi connectivity index (χ0v) is 10.7. The van der Waals surface area contributed by atoms with Crippen LogP contribution in [0.25, 0.3) is 0 Å². The molecule has 0 saturated carbocycles. The highest BCUT2D eigenvalue weighted by atomic mass is 16.3. The topological polar surface area (TPSA) is 63.2 Å². The van der Waals surface area contributed by atoms with Gasteiger partial charge in [0.15, 0.2) is 0 Å². The number of furan rings is 1. The molecule has 0 amide bonds. The fourth-order valence-electron chi connectivity index (χ4n) is 1.93. The molecule has 2 N–H and O–H groups in total. The monoisotopic (exact) mass is 249 g/mol. The maximum absolute atomic E-state index is 9.32. The maximum Gasteiger partial charge on any atom is 0.133 e. The lowest BCUT2D eigenvalue weighted by atomic mass is 10.1. The maximum atomic E-state index is 9.32. The molecule has 5 nitrogen and oxygen atoms in total. The lowest BCUT2D eigenvalue weighted by Crippen LogP contribution is -2.36. The van der Waals surface area contributed by atoms with Gasteiger partial charge in [-0.05, 0) is 18.6 Å². The summed E-state index contributed by atoms with van der Waals surface area (Å²) in [6.07, 6.45) is 6.14. The Balaban J connectivity index is 2.27. The predicted molar refractivity (Wildman–Crippen MR) is 68.1 cm³/mol. The van der Waals surface area contributed by atoms with Crippen LogP contribution >= 0.6 is 0 Å². The number of aryl methyl sites for hydroxylation is 1. The zero-order valence-electron chi connectivity index (χ0n) is 10.7. The van der Waals surface area contributed by atoms with Gasteiger partial charge in [0, 0.05) is 25.5 Å². The van der Waals surface area contributed by atoms with Crippen molar-refractivity contribution in [1.82, 2.24) is 14.9 Å². The van der Waals surface area contributed by atoms with E-state index in [1.807, 2.05) is 36.9 Å². The summed E-state index contributed by atoms with van der Waals surface area (Å²) in [7, 11) is 1.94. The number of hydrogen-bond donors (Lipinski definition) is 2. The standard InChI is InChI=1S/C13H19N3O2/c1-3-10(9-17)15-12(11-5-4-8-18-11)13-14-6-7-16(13)2/h4-8,10,12,15,17H,3,9H2,1-2H3/t10-,12?/m0/s1. The van der Waals surface area contributed by atoms with Crippen LogP contribution in [0.1, 0.15) is 31.0 Å². The van der Waals surface area contributed by atoms with Gasteiger partial charge in [-0.15, -0.1) is 0 Å². The average Bonchev–Trinajstić information content (AvgIpc) is 3.03. The van der Waals surface area contributed by atoms with Gasteiger partial charge in [-0.1, -0.05) is 6.92 Å².